The molecule has 10 heteroatoms. The van der Waals surface area contributed by atoms with Crippen LogP contribution in [-0.4, -0.2) is 44.0 Å². The maximum absolute atomic E-state index is 14.1. The molecule has 1 aliphatic heterocycles. The summed E-state index contributed by atoms with van der Waals surface area (Å²) >= 11 is 0. The Labute approximate surface area is 218 Å². The Bertz CT molecular complexity index is 1530. The number of amides is 1. The number of aliphatic hydroxyl groups excluding tert-OH is 1. The van der Waals surface area contributed by atoms with Gasteiger partial charge in [-0.3, -0.25) is 9.48 Å². The van der Waals surface area contributed by atoms with E-state index in [2.05, 4.69) is 10.1 Å². The fourth-order valence-electron chi connectivity index (χ4n) is 4.88. The Kier molecular flexibility index (Phi) is 6.73. The van der Waals surface area contributed by atoms with E-state index < -0.39 is 5.82 Å². The lowest BCUT2D eigenvalue weighted by Gasteiger charge is -2.18. The van der Waals surface area contributed by atoms with Gasteiger partial charge < -0.3 is 25.6 Å². The average Bonchev–Trinajstić information content (AvgIpc) is 3.43. The first kappa shape index (κ1) is 25.2. The normalized spacial score (nSPS) is 12.6. The van der Waals surface area contributed by atoms with Crippen molar-refractivity contribution in [3.8, 4) is 28.4 Å². The van der Waals surface area contributed by atoms with E-state index in [4.69, 9.17) is 10.5 Å². The molecule has 0 bridgehead atoms. The molecule has 9 nitrogen and oxygen atoms in total. The molecule has 4 aromatic rings. The van der Waals surface area contributed by atoms with Crippen LogP contribution in [-0.2, 0) is 24.2 Å². The smallest absolute Gasteiger partial charge is 0.231 e. The lowest BCUT2D eigenvalue weighted by molar-refractivity contribution is -0.117. The van der Waals surface area contributed by atoms with Crippen molar-refractivity contribution in [2.24, 2.45) is 0 Å². The third-order valence-electron chi connectivity index (χ3n) is 6.71. The van der Waals surface area contributed by atoms with Crippen molar-refractivity contribution >= 4 is 17.4 Å². The highest BCUT2D eigenvalue weighted by Gasteiger charge is 2.26. The molecule has 0 fully saturated rings. The van der Waals surface area contributed by atoms with Crippen LogP contribution in [0.25, 0.3) is 11.1 Å². The van der Waals surface area contributed by atoms with Crippen LogP contribution in [0.4, 0.5) is 15.9 Å². The minimum absolute atomic E-state index is 0.0101. The highest BCUT2D eigenvalue weighted by atomic mass is 19.1. The molecule has 5 rings (SSSR count). The van der Waals surface area contributed by atoms with E-state index in [-0.39, 0.29) is 36.1 Å². The van der Waals surface area contributed by atoms with Crippen molar-refractivity contribution in [3.05, 3.63) is 77.0 Å². The summed E-state index contributed by atoms with van der Waals surface area (Å²) < 4.78 is 22.0. The quantitative estimate of drug-likeness (QED) is 0.339. The second-order valence-corrected chi connectivity index (χ2v) is 9.24. The van der Waals surface area contributed by atoms with Crippen LogP contribution in [0, 0.1) is 19.7 Å². The van der Waals surface area contributed by atoms with Gasteiger partial charge in [0.15, 0.2) is 11.6 Å². The summed E-state index contributed by atoms with van der Waals surface area (Å²) in [6.07, 6.45) is 2.14. The molecule has 3 heterocycles. The molecular formula is C28H28FN5O4. The standard InChI is InChI=1S/C28H28FN5O4/c1-16-27(17(2)34(32-16)9-10-35)20-13-25(28(30)31-15-20)38-22-4-6-24-18(12-22)7-8-33(24)26(37)14-19-11-21(36)3-5-23(19)29/h3-6,11-13,15,35-36H,7-10,14H2,1-2H3,(H2,30,31). The lowest BCUT2D eigenvalue weighted by Crippen LogP contribution is -2.30. The van der Waals surface area contributed by atoms with Crippen LogP contribution in [0.15, 0.2) is 48.7 Å². The second kappa shape index (κ2) is 10.1. The second-order valence-electron chi connectivity index (χ2n) is 9.24. The Balaban J connectivity index is 1.36. The van der Waals surface area contributed by atoms with E-state index in [1.54, 1.807) is 27.9 Å². The minimum Gasteiger partial charge on any atom is -0.508 e. The summed E-state index contributed by atoms with van der Waals surface area (Å²) in [4.78, 5) is 18.9. The summed E-state index contributed by atoms with van der Waals surface area (Å²) in [7, 11) is 0. The number of benzene rings is 2. The number of rotatable bonds is 7. The summed E-state index contributed by atoms with van der Waals surface area (Å²) in [5, 5.41) is 23.4. The van der Waals surface area contributed by atoms with Crippen LogP contribution >= 0.6 is 0 Å². The third kappa shape index (κ3) is 4.78. The van der Waals surface area contributed by atoms with Gasteiger partial charge in [0.1, 0.15) is 17.3 Å². The number of hydrogen-bond donors (Lipinski definition) is 3. The zero-order valence-electron chi connectivity index (χ0n) is 21.1. The molecule has 0 atom stereocenters. The van der Waals surface area contributed by atoms with Crippen LogP contribution in [0.2, 0.25) is 0 Å². The number of nitrogens with two attached hydrogens (primary N) is 1. The molecule has 0 aliphatic carbocycles. The fraction of sp³-hybridized carbons (Fsp3) is 0.250. The summed E-state index contributed by atoms with van der Waals surface area (Å²) in [5.41, 5.74) is 11.4. The number of nitrogens with zero attached hydrogens (tertiary/aromatic N) is 4. The molecule has 0 spiro atoms. The predicted octanol–water partition coefficient (Wildman–Crippen LogP) is 3.91. The highest BCUT2D eigenvalue weighted by molar-refractivity contribution is 5.97. The fourth-order valence-corrected chi connectivity index (χ4v) is 4.88. The number of carbonyl (C=O) groups is 1. The van der Waals surface area contributed by atoms with Gasteiger partial charge in [-0.25, -0.2) is 9.37 Å². The number of ether oxygens (including phenoxy) is 1. The molecule has 2 aromatic heterocycles. The number of phenolic OH excluding ortho intramolecular Hbond substituents is 1. The van der Waals surface area contributed by atoms with E-state index in [1.165, 1.54) is 12.1 Å². The number of hydrogen-bond acceptors (Lipinski definition) is 7. The molecule has 0 saturated carbocycles. The van der Waals surface area contributed by atoms with E-state index in [9.17, 15) is 19.4 Å². The van der Waals surface area contributed by atoms with Crippen molar-refractivity contribution in [3.63, 3.8) is 0 Å². The maximum atomic E-state index is 14.1. The number of pyridine rings is 1. The number of aromatic nitrogens is 3. The topological polar surface area (TPSA) is 127 Å². The molecule has 0 saturated heterocycles. The number of anilines is 2. The number of phenols is 1. The van der Waals surface area contributed by atoms with E-state index in [1.807, 2.05) is 26.0 Å². The van der Waals surface area contributed by atoms with Crippen LogP contribution in [0.5, 0.6) is 17.2 Å². The van der Waals surface area contributed by atoms with Gasteiger partial charge in [-0.05, 0) is 68.3 Å². The van der Waals surface area contributed by atoms with Gasteiger partial charge in [0.2, 0.25) is 5.91 Å². The van der Waals surface area contributed by atoms with Gasteiger partial charge in [-0.2, -0.15) is 5.10 Å². The van der Waals surface area contributed by atoms with Crippen molar-refractivity contribution in [1.82, 2.24) is 14.8 Å². The van der Waals surface area contributed by atoms with Gasteiger partial charge in [0.05, 0.1) is 25.3 Å². The summed E-state index contributed by atoms with van der Waals surface area (Å²) in [6.45, 7) is 4.69. The van der Waals surface area contributed by atoms with Gasteiger partial charge in [-0.15, -0.1) is 0 Å². The van der Waals surface area contributed by atoms with Crippen LogP contribution in [0.3, 0.4) is 0 Å². The first-order valence-electron chi connectivity index (χ1n) is 12.2. The molecule has 4 N–H and O–H groups in total. The van der Waals surface area contributed by atoms with Crippen molar-refractivity contribution in [2.75, 3.05) is 23.8 Å². The Hall–Kier alpha value is -4.44. The van der Waals surface area contributed by atoms with Gasteiger partial charge >= 0.3 is 0 Å². The first-order chi connectivity index (χ1) is 18.2. The predicted molar refractivity (Wildman–Crippen MR) is 141 cm³/mol. The minimum atomic E-state index is -0.529. The maximum Gasteiger partial charge on any atom is 0.231 e. The number of nitrogen functional groups attached to an aromatic ring is 1. The van der Waals surface area contributed by atoms with Crippen molar-refractivity contribution in [1.29, 1.82) is 0 Å². The number of aliphatic hydroxyl groups is 1. The van der Waals surface area contributed by atoms with Crippen molar-refractivity contribution in [2.45, 2.75) is 33.2 Å². The SMILES string of the molecule is Cc1nn(CCO)c(C)c1-c1cnc(N)c(Oc2ccc3c(c2)CCN3C(=O)Cc2cc(O)ccc2F)c1. The molecular weight excluding hydrogens is 489 g/mol. The highest BCUT2D eigenvalue weighted by Crippen LogP contribution is 2.37. The number of aromatic hydroxyl groups is 1. The van der Waals surface area contributed by atoms with Gasteiger partial charge in [-0.1, -0.05) is 0 Å². The number of aryl methyl sites for hydroxylation is 1. The third-order valence-corrected chi connectivity index (χ3v) is 6.71. The molecule has 0 unspecified atom stereocenters. The number of carbonyl (C=O) groups excluding carboxylic acids is 1. The molecule has 38 heavy (non-hydrogen) atoms. The number of halogens is 1. The number of fused-ring (bicyclic) bond motifs is 1. The first-order valence-corrected chi connectivity index (χ1v) is 12.2. The molecule has 1 aliphatic rings. The Morgan fingerprint density at radius 2 is 2.00 bits per heavy atom. The van der Waals surface area contributed by atoms with E-state index >= 15 is 0 Å². The van der Waals surface area contributed by atoms with Crippen LogP contribution in [0.1, 0.15) is 22.5 Å². The van der Waals surface area contributed by atoms with Gasteiger partial charge in [0, 0.05) is 40.8 Å². The zero-order chi connectivity index (χ0) is 27.0. The Morgan fingerprint density at radius 3 is 2.79 bits per heavy atom. The van der Waals surface area contributed by atoms with Gasteiger partial charge in [0.25, 0.3) is 0 Å². The van der Waals surface area contributed by atoms with E-state index in [0.717, 1.165) is 39.8 Å². The molecule has 1 amide bonds. The largest absolute Gasteiger partial charge is 0.508 e. The molecule has 196 valence electrons. The monoisotopic (exact) mass is 517 g/mol. The van der Waals surface area contributed by atoms with E-state index in [0.29, 0.717) is 31.0 Å². The summed E-state index contributed by atoms with van der Waals surface area (Å²) in [6, 6.07) is 10.9. The zero-order valence-corrected chi connectivity index (χ0v) is 21.1. The summed E-state index contributed by atoms with van der Waals surface area (Å²) in [5.74, 6) is 0.306. The Morgan fingerprint density at radius 1 is 1.18 bits per heavy atom. The average molecular weight is 518 g/mol. The lowest BCUT2D eigenvalue weighted by atomic mass is 10.1. The molecule has 2 aromatic carbocycles. The molecule has 0 radical (unpaired) electrons. The van der Waals surface area contributed by atoms with Crippen LogP contribution < -0.4 is 15.4 Å². The van der Waals surface area contributed by atoms with Crippen molar-refractivity contribution < 1.29 is 24.1 Å².